The van der Waals surface area contributed by atoms with Gasteiger partial charge in [-0.05, 0) is 19.4 Å². The molecular formula is C11H16ClNO2. The molecule has 0 aliphatic carbocycles. The van der Waals surface area contributed by atoms with Crippen LogP contribution in [0, 0.1) is 0 Å². The molecule has 0 unspecified atom stereocenters. The second-order valence-corrected chi connectivity index (χ2v) is 3.91. The third kappa shape index (κ3) is 6.94. The standard InChI is InChI=1S/C7H7Cl.C4H9NO2/c8-6-7-4-2-1-3-5-7;1-4(2,5)3(6)7/h1-5H,6H2;5H2,1-2H3,(H,6,7). The SMILES string of the molecule is CC(C)(N)C(=O)O.ClCc1ccccc1. The van der Waals surface area contributed by atoms with E-state index in [0.717, 1.165) is 0 Å². The lowest BCUT2D eigenvalue weighted by Gasteiger charge is -2.09. The summed E-state index contributed by atoms with van der Waals surface area (Å²) in [6.07, 6.45) is 0. The fraction of sp³-hybridized carbons (Fsp3) is 0.364. The lowest BCUT2D eigenvalue weighted by molar-refractivity contribution is -0.141. The molecule has 0 saturated carbocycles. The Labute approximate surface area is 94.9 Å². The van der Waals surface area contributed by atoms with Crippen LogP contribution in [0.15, 0.2) is 30.3 Å². The molecule has 0 bridgehead atoms. The molecule has 0 saturated heterocycles. The van der Waals surface area contributed by atoms with E-state index < -0.39 is 11.5 Å². The highest BCUT2D eigenvalue weighted by Gasteiger charge is 2.19. The van der Waals surface area contributed by atoms with Gasteiger partial charge < -0.3 is 10.8 Å². The number of hydrogen-bond donors (Lipinski definition) is 2. The molecule has 0 heterocycles. The van der Waals surface area contributed by atoms with Crippen molar-refractivity contribution in [3.05, 3.63) is 35.9 Å². The fourth-order valence-electron chi connectivity index (χ4n) is 0.567. The predicted octanol–water partition coefficient (Wildman–Crippen LogP) is 2.23. The highest BCUT2D eigenvalue weighted by atomic mass is 35.5. The Morgan fingerprint density at radius 3 is 2.00 bits per heavy atom. The maximum absolute atomic E-state index is 9.90. The van der Waals surface area contributed by atoms with Crippen LogP contribution in [-0.2, 0) is 10.7 Å². The molecule has 1 aromatic rings. The summed E-state index contributed by atoms with van der Waals surface area (Å²) in [6.45, 7) is 2.88. The van der Waals surface area contributed by atoms with Gasteiger partial charge in [0.15, 0.2) is 0 Å². The molecule has 3 N–H and O–H groups in total. The molecule has 4 heteroatoms. The van der Waals surface area contributed by atoms with Crippen LogP contribution in [0.2, 0.25) is 0 Å². The average molecular weight is 230 g/mol. The van der Waals surface area contributed by atoms with Gasteiger partial charge in [-0.15, -0.1) is 11.6 Å². The monoisotopic (exact) mass is 229 g/mol. The van der Waals surface area contributed by atoms with Crippen LogP contribution < -0.4 is 5.73 Å². The summed E-state index contributed by atoms with van der Waals surface area (Å²) in [5.41, 5.74) is 5.17. The van der Waals surface area contributed by atoms with Crippen LogP contribution in [0.4, 0.5) is 0 Å². The molecule has 3 nitrogen and oxygen atoms in total. The van der Waals surface area contributed by atoms with Crippen molar-refractivity contribution in [1.29, 1.82) is 0 Å². The summed E-state index contributed by atoms with van der Waals surface area (Å²) in [7, 11) is 0. The third-order valence-corrected chi connectivity index (χ3v) is 1.86. The Morgan fingerprint density at radius 2 is 1.80 bits per heavy atom. The molecule has 1 aromatic carbocycles. The first-order valence-corrected chi connectivity index (χ1v) is 5.03. The zero-order valence-electron chi connectivity index (χ0n) is 8.90. The van der Waals surface area contributed by atoms with Crippen LogP contribution in [0.1, 0.15) is 19.4 Å². The number of alkyl halides is 1. The second-order valence-electron chi connectivity index (χ2n) is 3.65. The first kappa shape index (κ1) is 13.9. The zero-order chi connectivity index (χ0) is 11.9. The van der Waals surface area contributed by atoms with Crippen LogP contribution in [-0.4, -0.2) is 16.6 Å². The number of rotatable bonds is 2. The molecule has 1 rings (SSSR count). The van der Waals surface area contributed by atoms with E-state index >= 15 is 0 Å². The van der Waals surface area contributed by atoms with Crippen molar-refractivity contribution >= 4 is 17.6 Å². The molecular weight excluding hydrogens is 214 g/mol. The smallest absolute Gasteiger partial charge is 0.323 e. The molecule has 15 heavy (non-hydrogen) atoms. The first-order valence-electron chi connectivity index (χ1n) is 4.50. The van der Waals surface area contributed by atoms with Gasteiger partial charge in [0.2, 0.25) is 0 Å². The molecule has 0 radical (unpaired) electrons. The fourth-order valence-corrected chi connectivity index (χ4v) is 0.745. The summed E-state index contributed by atoms with van der Waals surface area (Å²) >= 11 is 5.53. The molecule has 84 valence electrons. The summed E-state index contributed by atoms with van der Waals surface area (Å²) in [4.78, 5) is 9.90. The van der Waals surface area contributed by atoms with Crippen LogP contribution in [0.25, 0.3) is 0 Å². The van der Waals surface area contributed by atoms with Gasteiger partial charge in [0, 0.05) is 5.88 Å². The summed E-state index contributed by atoms with van der Waals surface area (Å²) in [5.74, 6) is -0.367. The van der Waals surface area contributed by atoms with Crippen molar-refractivity contribution in [2.24, 2.45) is 5.73 Å². The molecule has 0 spiro atoms. The predicted molar refractivity (Wildman–Crippen MR) is 61.9 cm³/mol. The van der Waals surface area contributed by atoms with E-state index in [2.05, 4.69) is 0 Å². The largest absolute Gasteiger partial charge is 0.480 e. The van der Waals surface area contributed by atoms with Gasteiger partial charge in [0.05, 0.1) is 0 Å². The average Bonchev–Trinajstić information content (AvgIpc) is 2.18. The van der Waals surface area contributed by atoms with Gasteiger partial charge in [-0.3, -0.25) is 4.79 Å². The van der Waals surface area contributed by atoms with Crippen LogP contribution in [0.5, 0.6) is 0 Å². The van der Waals surface area contributed by atoms with E-state index in [0.29, 0.717) is 5.88 Å². The highest BCUT2D eigenvalue weighted by Crippen LogP contribution is 2.00. The Morgan fingerprint density at radius 1 is 1.40 bits per heavy atom. The Kier molecular flexibility index (Phi) is 5.97. The maximum atomic E-state index is 9.90. The summed E-state index contributed by atoms with van der Waals surface area (Å²) < 4.78 is 0. The van der Waals surface area contributed by atoms with E-state index in [1.54, 1.807) is 0 Å². The van der Waals surface area contributed by atoms with Crippen molar-refractivity contribution in [3.63, 3.8) is 0 Å². The number of carbonyl (C=O) groups is 1. The number of benzene rings is 1. The summed E-state index contributed by atoms with van der Waals surface area (Å²) in [5, 5.41) is 8.12. The maximum Gasteiger partial charge on any atom is 0.323 e. The molecule has 0 aliphatic heterocycles. The van der Waals surface area contributed by atoms with E-state index in [4.69, 9.17) is 22.4 Å². The number of hydrogen-bond acceptors (Lipinski definition) is 2. The lowest BCUT2D eigenvalue weighted by Crippen LogP contribution is -2.41. The zero-order valence-corrected chi connectivity index (χ0v) is 9.66. The van der Waals surface area contributed by atoms with E-state index in [-0.39, 0.29) is 0 Å². The number of carboxylic acids is 1. The molecule has 0 aliphatic rings. The van der Waals surface area contributed by atoms with Gasteiger partial charge in [0.1, 0.15) is 5.54 Å². The van der Waals surface area contributed by atoms with Gasteiger partial charge in [0.25, 0.3) is 0 Å². The number of halogens is 1. The van der Waals surface area contributed by atoms with Gasteiger partial charge in [-0.2, -0.15) is 0 Å². The lowest BCUT2D eigenvalue weighted by atomic mass is 10.1. The minimum atomic E-state index is -1.08. The van der Waals surface area contributed by atoms with Gasteiger partial charge in [-0.25, -0.2) is 0 Å². The normalized spacial score (nSPS) is 10.1. The first-order chi connectivity index (χ1) is 6.88. The van der Waals surface area contributed by atoms with Crippen molar-refractivity contribution in [3.8, 4) is 0 Å². The summed E-state index contributed by atoms with van der Waals surface area (Å²) in [6, 6.07) is 9.96. The van der Waals surface area contributed by atoms with Crippen LogP contribution in [0.3, 0.4) is 0 Å². The number of nitrogens with two attached hydrogens (primary N) is 1. The van der Waals surface area contributed by atoms with Crippen molar-refractivity contribution < 1.29 is 9.90 Å². The second kappa shape index (κ2) is 6.43. The van der Waals surface area contributed by atoms with Gasteiger partial charge >= 0.3 is 5.97 Å². The topological polar surface area (TPSA) is 63.3 Å². The van der Waals surface area contributed by atoms with Gasteiger partial charge in [-0.1, -0.05) is 30.3 Å². The van der Waals surface area contributed by atoms with E-state index in [9.17, 15) is 4.79 Å². The third-order valence-electron chi connectivity index (χ3n) is 1.55. The quantitative estimate of drug-likeness (QED) is 0.765. The molecule has 0 amide bonds. The Bertz CT molecular complexity index is 293. The van der Waals surface area contributed by atoms with E-state index in [1.807, 2.05) is 30.3 Å². The van der Waals surface area contributed by atoms with Crippen molar-refractivity contribution in [2.45, 2.75) is 25.3 Å². The Balaban J connectivity index is 0.000000265. The minimum Gasteiger partial charge on any atom is -0.480 e. The van der Waals surface area contributed by atoms with Crippen molar-refractivity contribution in [2.75, 3.05) is 0 Å². The highest BCUT2D eigenvalue weighted by molar-refractivity contribution is 6.17. The molecule has 0 atom stereocenters. The van der Waals surface area contributed by atoms with Crippen LogP contribution >= 0.6 is 11.6 Å². The van der Waals surface area contributed by atoms with Crippen molar-refractivity contribution in [1.82, 2.24) is 0 Å². The molecule has 0 aromatic heterocycles. The number of carboxylic acid groups (broad SMARTS) is 1. The Hall–Kier alpha value is -1.06. The minimum absolute atomic E-state index is 0.612. The molecule has 0 fully saturated rings. The van der Waals surface area contributed by atoms with E-state index in [1.165, 1.54) is 19.4 Å². The number of aliphatic carboxylic acids is 1.